The quantitative estimate of drug-likeness (QED) is 0.386. The van der Waals surface area contributed by atoms with Crippen molar-refractivity contribution in [3.05, 3.63) is 46.2 Å². The summed E-state index contributed by atoms with van der Waals surface area (Å²) in [6, 6.07) is 0. The van der Waals surface area contributed by atoms with Gasteiger partial charge in [-0.05, 0) is 11.1 Å². The van der Waals surface area contributed by atoms with E-state index in [0.717, 1.165) is 4.86 Å². The van der Waals surface area contributed by atoms with Crippen LogP contribution in [0.2, 0.25) is 0 Å². The van der Waals surface area contributed by atoms with Gasteiger partial charge in [0, 0.05) is 0 Å². The van der Waals surface area contributed by atoms with Gasteiger partial charge in [0.25, 0.3) is 0 Å². The van der Waals surface area contributed by atoms with Gasteiger partial charge in [-0.25, -0.2) is 0 Å². The minimum Gasteiger partial charge on any atom is -0.116 e. The van der Waals surface area contributed by atoms with Crippen molar-refractivity contribution < 1.29 is 0 Å². The van der Waals surface area contributed by atoms with Crippen LogP contribution in [0.1, 0.15) is 0 Å². The molecule has 0 bridgehead atoms. The fraction of sp³-hybridized carbons (Fsp3) is 0. The number of fused-ring (bicyclic) bond motifs is 1. The number of rotatable bonds is 0. The van der Waals surface area contributed by atoms with E-state index in [0.29, 0.717) is 0 Å². The molecule has 0 aromatic heterocycles. The second kappa shape index (κ2) is 2.11. The highest BCUT2D eigenvalue weighted by Crippen LogP contribution is 2.36. The minimum absolute atomic E-state index is 1.01. The van der Waals surface area contributed by atoms with E-state index >= 15 is 0 Å². The van der Waals surface area contributed by atoms with Crippen molar-refractivity contribution >= 4 is 31.6 Å². The molecule has 0 saturated carbocycles. The Morgan fingerprint density at radius 2 is 1.42 bits per heavy atom. The molecule has 1 aliphatic carbocycles. The van der Waals surface area contributed by atoms with Crippen LogP contribution in [0.15, 0.2) is 46.2 Å². The van der Waals surface area contributed by atoms with Gasteiger partial charge in [-0.1, -0.05) is 35.3 Å². The SMILES string of the molecule is S=C1C2=C([B]C=C2)C2=C1C=C[B]2. The van der Waals surface area contributed by atoms with Crippen LogP contribution in [0.5, 0.6) is 0 Å². The van der Waals surface area contributed by atoms with E-state index in [1.165, 1.54) is 22.1 Å². The second-order valence-electron chi connectivity index (χ2n) is 3.04. The second-order valence-corrected chi connectivity index (χ2v) is 3.44. The van der Waals surface area contributed by atoms with Gasteiger partial charge in [-0.2, -0.15) is 0 Å². The van der Waals surface area contributed by atoms with Gasteiger partial charge in [0.15, 0.2) is 14.6 Å². The summed E-state index contributed by atoms with van der Waals surface area (Å²) in [5.41, 5.74) is 5.08. The lowest BCUT2D eigenvalue weighted by molar-refractivity contribution is 1.81. The van der Waals surface area contributed by atoms with Crippen LogP contribution in [0.25, 0.3) is 0 Å². The standard InChI is InChI=1S/C9H4B2S/c12-9-5-1-3-10-7(5)8-6(9)2-4-11-8/h1-4H. The molecule has 0 amide bonds. The molecule has 3 aliphatic rings. The zero-order valence-electron chi connectivity index (χ0n) is 6.37. The van der Waals surface area contributed by atoms with Crippen molar-refractivity contribution in [3.63, 3.8) is 0 Å². The van der Waals surface area contributed by atoms with E-state index in [-0.39, 0.29) is 0 Å². The van der Waals surface area contributed by atoms with E-state index in [2.05, 4.69) is 38.7 Å². The molecule has 0 fully saturated rings. The normalized spacial score (nSPS) is 23.2. The molecule has 0 unspecified atom stereocenters. The fourth-order valence-electron chi connectivity index (χ4n) is 1.85. The lowest BCUT2D eigenvalue weighted by Crippen LogP contribution is -1.97. The molecule has 3 heteroatoms. The lowest BCUT2D eigenvalue weighted by Gasteiger charge is -1.97. The molecular weight excluding hydrogens is 162 g/mol. The molecule has 2 radical (unpaired) electrons. The molecule has 0 atom stereocenters. The summed E-state index contributed by atoms with van der Waals surface area (Å²) in [4.78, 5) is 1.01. The van der Waals surface area contributed by atoms with Gasteiger partial charge in [0.05, 0.1) is 4.86 Å². The molecule has 2 aliphatic heterocycles. The largest absolute Gasteiger partial charge is 0.181 e. The van der Waals surface area contributed by atoms with Gasteiger partial charge in [0.1, 0.15) is 0 Å². The van der Waals surface area contributed by atoms with Gasteiger partial charge < -0.3 is 0 Å². The summed E-state index contributed by atoms with van der Waals surface area (Å²) in [7, 11) is 4.26. The predicted molar refractivity (Wildman–Crippen MR) is 56.4 cm³/mol. The highest BCUT2D eigenvalue weighted by Gasteiger charge is 2.29. The van der Waals surface area contributed by atoms with E-state index in [1.54, 1.807) is 0 Å². The zero-order valence-corrected chi connectivity index (χ0v) is 7.19. The molecule has 2 heterocycles. The maximum absolute atomic E-state index is 5.34. The maximum atomic E-state index is 5.34. The van der Waals surface area contributed by atoms with Crippen molar-refractivity contribution in [2.45, 2.75) is 0 Å². The Morgan fingerprint density at radius 1 is 0.917 bits per heavy atom. The van der Waals surface area contributed by atoms with E-state index < -0.39 is 0 Å². The first-order valence-corrected chi connectivity index (χ1v) is 4.35. The molecule has 52 valence electrons. The minimum atomic E-state index is 1.01. The third-order valence-electron chi connectivity index (χ3n) is 2.41. The van der Waals surface area contributed by atoms with Crippen LogP contribution >= 0.6 is 12.2 Å². The molecule has 0 spiro atoms. The van der Waals surface area contributed by atoms with Crippen LogP contribution < -0.4 is 0 Å². The molecule has 0 saturated heterocycles. The predicted octanol–water partition coefficient (Wildman–Crippen LogP) is 1.34. The zero-order chi connectivity index (χ0) is 8.13. The number of hydrogen-bond donors (Lipinski definition) is 0. The Hall–Kier alpha value is -0.820. The molecule has 0 N–H and O–H groups in total. The summed E-state index contributed by atoms with van der Waals surface area (Å²) in [5.74, 6) is 4.12. The first-order valence-electron chi connectivity index (χ1n) is 3.94. The summed E-state index contributed by atoms with van der Waals surface area (Å²) in [6.07, 6.45) is 4.19. The Labute approximate surface area is 78.2 Å². The highest BCUT2D eigenvalue weighted by atomic mass is 32.1. The van der Waals surface area contributed by atoms with Crippen LogP contribution in [0.4, 0.5) is 0 Å². The highest BCUT2D eigenvalue weighted by molar-refractivity contribution is 7.81. The Kier molecular flexibility index (Phi) is 1.17. The molecule has 0 nitrogen and oxygen atoms in total. The monoisotopic (exact) mass is 166 g/mol. The lowest BCUT2D eigenvalue weighted by atomic mass is 9.58. The summed E-state index contributed by atoms with van der Waals surface area (Å²) in [6.45, 7) is 0. The van der Waals surface area contributed by atoms with E-state index in [9.17, 15) is 0 Å². The Bertz CT molecular complexity index is 372. The van der Waals surface area contributed by atoms with E-state index in [1.807, 2.05) is 0 Å². The first-order chi connectivity index (χ1) is 5.88. The van der Waals surface area contributed by atoms with Crippen molar-refractivity contribution in [3.8, 4) is 0 Å². The maximum Gasteiger partial charge on any atom is 0.181 e. The topological polar surface area (TPSA) is 0 Å². The number of thiocarbonyl (C=S) groups is 1. The van der Waals surface area contributed by atoms with Gasteiger partial charge in [-0.15, -0.1) is 12.0 Å². The van der Waals surface area contributed by atoms with Crippen molar-refractivity contribution in [1.29, 1.82) is 0 Å². The first kappa shape index (κ1) is 6.67. The summed E-state index contributed by atoms with van der Waals surface area (Å²) < 4.78 is 0. The van der Waals surface area contributed by atoms with Crippen LogP contribution in [0, 0.1) is 0 Å². The molecule has 12 heavy (non-hydrogen) atoms. The van der Waals surface area contributed by atoms with Crippen molar-refractivity contribution in [2.75, 3.05) is 0 Å². The number of allylic oxidation sites excluding steroid dienone is 6. The van der Waals surface area contributed by atoms with E-state index in [4.69, 9.17) is 12.2 Å². The van der Waals surface area contributed by atoms with Gasteiger partial charge in [-0.3, -0.25) is 0 Å². The van der Waals surface area contributed by atoms with Gasteiger partial charge in [0.2, 0.25) is 0 Å². The molecule has 0 aromatic carbocycles. The Morgan fingerprint density at radius 3 is 1.92 bits per heavy atom. The average Bonchev–Trinajstić information content (AvgIpc) is 2.72. The number of hydrogen-bond acceptors (Lipinski definition) is 1. The van der Waals surface area contributed by atoms with Crippen LogP contribution in [0.3, 0.4) is 0 Å². The molecular formula is C9H4B2S. The smallest absolute Gasteiger partial charge is 0.116 e. The van der Waals surface area contributed by atoms with Crippen molar-refractivity contribution in [1.82, 2.24) is 0 Å². The fourth-order valence-corrected chi connectivity index (χ4v) is 2.21. The third kappa shape index (κ3) is 0.632. The third-order valence-corrected chi connectivity index (χ3v) is 2.85. The summed E-state index contributed by atoms with van der Waals surface area (Å²) in [5, 5.41) is 0. The van der Waals surface area contributed by atoms with Crippen LogP contribution in [-0.2, 0) is 0 Å². The van der Waals surface area contributed by atoms with Gasteiger partial charge >= 0.3 is 0 Å². The van der Waals surface area contributed by atoms with Crippen LogP contribution in [-0.4, -0.2) is 19.4 Å². The van der Waals surface area contributed by atoms with Crippen molar-refractivity contribution in [2.24, 2.45) is 0 Å². The molecule has 3 rings (SSSR count). The summed E-state index contributed by atoms with van der Waals surface area (Å²) >= 11 is 5.34. The molecule has 0 aromatic rings. The average molecular weight is 166 g/mol. The Balaban J connectivity index is 2.20.